The number of quaternary nitrogens is 1. The molecule has 5 nitrogen and oxygen atoms in total. The van der Waals surface area contributed by atoms with Crippen molar-refractivity contribution in [3.8, 4) is 11.5 Å². The maximum absolute atomic E-state index is 12.4. The van der Waals surface area contributed by atoms with Crippen LogP contribution in [0.15, 0.2) is 12.1 Å². The molecule has 122 valence electrons. The molecule has 0 saturated carbocycles. The second-order valence-electron chi connectivity index (χ2n) is 5.70. The number of ether oxygens (including phenoxy) is 2. The Balaban J connectivity index is 2.18. The van der Waals surface area contributed by atoms with Gasteiger partial charge in [-0.3, -0.25) is 4.79 Å². The molecule has 1 aliphatic rings. The summed E-state index contributed by atoms with van der Waals surface area (Å²) in [7, 11) is 3.29. The second-order valence-corrected chi connectivity index (χ2v) is 5.70. The topological polar surface area (TPSA) is 55.4 Å². The number of hydrogen-bond acceptors (Lipinski definition) is 3. The highest BCUT2D eigenvalue weighted by atomic mass is 16.5. The molecule has 1 aromatic carbocycles. The Kier molecular flexibility index (Phi) is 5.66. The van der Waals surface area contributed by atoms with E-state index in [1.807, 2.05) is 17.0 Å². The smallest absolute Gasteiger partial charge is 0.278 e. The molecule has 0 saturated heterocycles. The number of carbonyl (C=O) groups excluding carboxylic acids is 1. The minimum absolute atomic E-state index is 0.0751. The lowest BCUT2D eigenvalue weighted by Gasteiger charge is -2.35. The van der Waals surface area contributed by atoms with Crippen LogP contribution in [0.3, 0.4) is 0 Å². The largest absolute Gasteiger partial charge is 0.493 e. The van der Waals surface area contributed by atoms with Gasteiger partial charge in [0.05, 0.1) is 26.8 Å². The van der Waals surface area contributed by atoms with Crippen molar-refractivity contribution in [1.29, 1.82) is 0 Å². The fourth-order valence-corrected chi connectivity index (χ4v) is 3.03. The molecule has 1 amide bonds. The zero-order valence-corrected chi connectivity index (χ0v) is 14.0. The van der Waals surface area contributed by atoms with Crippen LogP contribution in [0.25, 0.3) is 0 Å². The van der Waals surface area contributed by atoms with Crippen LogP contribution in [0.5, 0.6) is 11.5 Å². The van der Waals surface area contributed by atoms with Gasteiger partial charge in [0.25, 0.3) is 5.91 Å². The van der Waals surface area contributed by atoms with E-state index in [-0.39, 0.29) is 11.9 Å². The average molecular weight is 307 g/mol. The lowest BCUT2D eigenvalue weighted by Crippen LogP contribution is -2.86. The van der Waals surface area contributed by atoms with E-state index in [4.69, 9.17) is 9.47 Å². The third-order valence-corrected chi connectivity index (χ3v) is 4.32. The number of nitrogens with two attached hydrogens (primary N) is 1. The summed E-state index contributed by atoms with van der Waals surface area (Å²) in [6.45, 7) is 6.50. The fourth-order valence-electron chi connectivity index (χ4n) is 3.03. The van der Waals surface area contributed by atoms with E-state index in [1.165, 1.54) is 5.56 Å². The van der Waals surface area contributed by atoms with Crippen molar-refractivity contribution in [3.05, 3.63) is 23.3 Å². The first-order valence-electron chi connectivity index (χ1n) is 7.98. The monoisotopic (exact) mass is 307 g/mol. The summed E-state index contributed by atoms with van der Waals surface area (Å²) < 4.78 is 10.8. The first-order valence-corrected chi connectivity index (χ1v) is 7.98. The van der Waals surface area contributed by atoms with Crippen LogP contribution in [0, 0.1) is 0 Å². The molecule has 0 spiro atoms. The Labute approximate surface area is 132 Å². The summed E-state index contributed by atoms with van der Waals surface area (Å²) in [5.74, 6) is 1.69. The highest BCUT2D eigenvalue weighted by Gasteiger charge is 2.29. The Morgan fingerprint density at radius 2 is 2.00 bits per heavy atom. The Morgan fingerprint density at radius 1 is 1.32 bits per heavy atom. The highest BCUT2D eigenvalue weighted by molar-refractivity contribution is 5.78. The third kappa shape index (κ3) is 3.35. The molecule has 5 heteroatoms. The first kappa shape index (κ1) is 16.6. The van der Waals surface area contributed by atoms with Crippen LogP contribution in [0.2, 0.25) is 0 Å². The predicted molar refractivity (Wildman–Crippen MR) is 85.3 cm³/mol. The standard InChI is InChI=1S/C17H26N2O3/c1-5-7-18-11-17(20)19-8-6-13-9-15(21-3)16(22-4)10-14(13)12(19)2/h9-10,12,18H,5-8,11H2,1-4H3/p+1/t12-/m1/s1. The van der Waals surface area contributed by atoms with Crippen molar-refractivity contribution in [3.63, 3.8) is 0 Å². The minimum atomic E-state index is 0.0751. The number of benzene rings is 1. The highest BCUT2D eigenvalue weighted by Crippen LogP contribution is 2.37. The Morgan fingerprint density at radius 3 is 2.64 bits per heavy atom. The maximum Gasteiger partial charge on any atom is 0.278 e. The van der Waals surface area contributed by atoms with Crippen LogP contribution < -0.4 is 14.8 Å². The number of fused-ring (bicyclic) bond motifs is 1. The number of nitrogens with zero attached hydrogens (tertiary/aromatic N) is 1. The van der Waals surface area contributed by atoms with Gasteiger partial charge in [0, 0.05) is 6.54 Å². The Bertz CT molecular complexity index is 531. The number of amides is 1. The van der Waals surface area contributed by atoms with E-state index in [9.17, 15) is 4.79 Å². The molecule has 0 aliphatic carbocycles. The van der Waals surface area contributed by atoms with Gasteiger partial charge in [-0.05, 0) is 43.0 Å². The average Bonchev–Trinajstić information content (AvgIpc) is 2.54. The van der Waals surface area contributed by atoms with Gasteiger partial charge in [0.15, 0.2) is 18.0 Å². The molecule has 0 bridgehead atoms. The minimum Gasteiger partial charge on any atom is -0.493 e. The summed E-state index contributed by atoms with van der Waals surface area (Å²) in [6.07, 6.45) is 1.95. The molecule has 2 N–H and O–H groups in total. The van der Waals surface area contributed by atoms with Crippen molar-refractivity contribution in [2.75, 3.05) is 33.9 Å². The van der Waals surface area contributed by atoms with Gasteiger partial charge in [-0.2, -0.15) is 0 Å². The molecule has 1 aliphatic heterocycles. The summed E-state index contributed by atoms with van der Waals surface area (Å²) in [5, 5.41) is 2.08. The van der Waals surface area contributed by atoms with E-state index < -0.39 is 0 Å². The van der Waals surface area contributed by atoms with Crippen molar-refractivity contribution < 1.29 is 19.6 Å². The predicted octanol–water partition coefficient (Wildman–Crippen LogP) is 1.12. The summed E-state index contributed by atoms with van der Waals surface area (Å²) in [4.78, 5) is 14.4. The molecule has 0 unspecified atom stereocenters. The number of hydrogen-bond donors (Lipinski definition) is 1. The van der Waals surface area contributed by atoms with E-state index >= 15 is 0 Å². The van der Waals surface area contributed by atoms with E-state index in [1.54, 1.807) is 14.2 Å². The molecular formula is C17H27N2O3+. The van der Waals surface area contributed by atoms with Crippen LogP contribution in [-0.4, -0.2) is 44.7 Å². The second kappa shape index (κ2) is 7.49. The normalized spacial score (nSPS) is 17.1. The lowest BCUT2D eigenvalue weighted by atomic mass is 9.92. The molecule has 0 aromatic heterocycles. The van der Waals surface area contributed by atoms with Crippen LogP contribution in [-0.2, 0) is 11.2 Å². The molecular weight excluding hydrogens is 280 g/mol. The van der Waals surface area contributed by atoms with Crippen LogP contribution >= 0.6 is 0 Å². The van der Waals surface area contributed by atoms with E-state index in [2.05, 4.69) is 19.2 Å². The zero-order chi connectivity index (χ0) is 16.1. The fraction of sp³-hybridized carbons (Fsp3) is 0.588. The first-order chi connectivity index (χ1) is 10.6. The molecule has 1 aromatic rings. The quantitative estimate of drug-likeness (QED) is 0.802. The van der Waals surface area contributed by atoms with E-state index in [0.29, 0.717) is 6.54 Å². The SMILES string of the molecule is CCC[NH2+]CC(=O)N1CCc2cc(OC)c(OC)cc2[C@H]1C. The maximum atomic E-state index is 12.4. The molecule has 1 atom stereocenters. The van der Waals surface area contributed by atoms with Crippen LogP contribution in [0.4, 0.5) is 0 Å². The summed E-state index contributed by atoms with van der Waals surface area (Å²) >= 11 is 0. The number of carbonyl (C=O) groups is 1. The Hall–Kier alpha value is -1.75. The molecule has 1 heterocycles. The van der Waals surface area contributed by atoms with Gasteiger partial charge in [-0.25, -0.2) is 0 Å². The van der Waals surface area contributed by atoms with Crippen molar-refractivity contribution in [2.45, 2.75) is 32.7 Å². The van der Waals surface area contributed by atoms with Crippen molar-refractivity contribution >= 4 is 5.91 Å². The molecule has 2 rings (SSSR count). The van der Waals surface area contributed by atoms with E-state index in [0.717, 1.165) is 43.0 Å². The zero-order valence-electron chi connectivity index (χ0n) is 14.0. The van der Waals surface area contributed by atoms with Gasteiger partial charge >= 0.3 is 0 Å². The molecule has 0 radical (unpaired) electrons. The van der Waals surface area contributed by atoms with Gasteiger partial charge < -0.3 is 19.7 Å². The molecule has 22 heavy (non-hydrogen) atoms. The summed E-state index contributed by atoms with van der Waals surface area (Å²) in [6, 6.07) is 4.12. The van der Waals surface area contributed by atoms with Crippen molar-refractivity contribution in [1.82, 2.24) is 4.90 Å². The van der Waals surface area contributed by atoms with Crippen molar-refractivity contribution in [2.24, 2.45) is 0 Å². The number of methoxy groups -OCH3 is 2. The van der Waals surface area contributed by atoms with Gasteiger partial charge in [-0.15, -0.1) is 0 Å². The number of rotatable bonds is 6. The molecule has 0 fully saturated rings. The lowest BCUT2D eigenvalue weighted by molar-refractivity contribution is -0.644. The van der Waals surface area contributed by atoms with Gasteiger partial charge in [-0.1, -0.05) is 6.92 Å². The third-order valence-electron chi connectivity index (χ3n) is 4.32. The van der Waals surface area contributed by atoms with Gasteiger partial charge in [0.2, 0.25) is 0 Å². The summed E-state index contributed by atoms with van der Waals surface area (Å²) in [5.41, 5.74) is 2.40. The van der Waals surface area contributed by atoms with Crippen LogP contribution in [0.1, 0.15) is 37.4 Å². The van der Waals surface area contributed by atoms with Gasteiger partial charge in [0.1, 0.15) is 0 Å².